The maximum absolute atomic E-state index is 12.4. The van der Waals surface area contributed by atoms with Crippen LogP contribution < -0.4 is 9.47 Å². The van der Waals surface area contributed by atoms with Gasteiger partial charge in [0.25, 0.3) is 0 Å². The molecule has 1 fully saturated rings. The third-order valence-electron chi connectivity index (χ3n) is 3.85. The molecule has 0 radical (unpaired) electrons. The van der Waals surface area contributed by atoms with Crippen LogP contribution >= 0.6 is 11.6 Å². The fourth-order valence-corrected chi connectivity index (χ4v) is 2.72. The average molecular weight is 348 g/mol. The molecule has 1 unspecified atom stereocenters. The van der Waals surface area contributed by atoms with E-state index in [9.17, 15) is 4.79 Å². The van der Waals surface area contributed by atoms with Crippen molar-refractivity contribution in [2.75, 3.05) is 20.2 Å². The van der Waals surface area contributed by atoms with Gasteiger partial charge in [0.1, 0.15) is 6.10 Å². The van der Waals surface area contributed by atoms with Gasteiger partial charge in [0.05, 0.1) is 32.5 Å². The first-order valence-electron chi connectivity index (χ1n) is 7.69. The van der Waals surface area contributed by atoms with Crippen molar-refractivity contribution in [3.8, 4) is 11.8 Å². The number of aromatic nitrogens is 2. The molecule has 1 aliphatic rings. The van der Waals surface area contributed by atoms with E-state index in [1.807, 2.05) is 17.0 Å². The normalized spacial score (nSPS) is 16.9. The first kappa shape index (κ1) is 16.5. The van der Waals surface area contributed by atoms with Gasteiger partial charge in [-0.15, -0.1) is 0 Å². The molecule has 2 heterocycles. The molecule has 1 saturated heterocycles. The summed E-state index contributed by atoms with van der Waals surface area (Å²) in [5.74, 6) is 0.896. The standard InChI is InChI=1S/C17H18ClN3O3/c1-23-15-9-19-10-16(20-15)24-14-6-7-21(11-14)17(22)8-12-2-4-13(18)5-3-12/h2-5,9-10,14H,6-8,11H2,1H3. The van der Waals surface area contributed by atoms with E-state index in [2.05, 4.69) is 9.97 Å². The van der Waals surface area contributed by atoms with E-state index >= 15 is 0 Å². The smallest absolute Gasteiger partial charge is 0.235 e. The Balaban J connectivity index is 1.54. The van der Waals surface area contributed by atoms with Crippen molar-refractivity contribution in [2.24, 2.45) is 0 Å². The number of benzene rings is 1. The summed E-state index contributed by atoms with van der Waals surface area (Å²) in [5.41, 5.74) is 0.951. The van der Waals surface area contributed by atoms with Crippen LogP contribution in [-0.2, 0) is 11.2 Å². The number of halogens is 1. The van der Waals surface area contributed by atoms with Crippen molar-refractivity contribution < 1.29 is 14.3 Å². The molecule has 0 aliphatic carbocycles. The summed E-state index contributed by atoms with van der Waals surface area (Å²) in [7, 11) is 1.53. The van der Waals surface area contributed by atoms with Gasteiger partial charge < -0.3 is 14.4 Å². The zero-order chi connectivity index (χ0) is 16.9. The van der Waals surface area contributed by atoms with E-state index in [1.54, 1.807) is 18.3 Å². The predicted molar refractivity (Wildman–Crippen MR) is 89.4 cm³/mol. The van der Waals surface area contributed by atoms with Gasteiger partial charge in [-0.05, 0) is 17.7 Å². The molecule has 1 amide bonds. The van der Waals surface area contributed by atoms with Gasteiger partial charge in [-0.2, -0.15) is 4.98 Å². The number of carbonyl (C=O) groups excluding carboxylic acids is 1. The summed E-state index contributed by atoms with van der Waals surface area (Å²) < 4.78 is 10.8. The van der Waals surface area contributed by atoms with Crippen LogP contribution in [0.25, 0.3) is 0 Å². The number of rotatable bonds is 5. The molecule has 1 aromatic heterocycles. The number of ether oxygens (including phenoxy) is 2. The van der Waals surface area contributed by atoms with Crippen molar-refractivity contribution >= 4 is 17.5 Å². The van der Waals surface area contributed by atoms with Gasteiger partial charge >= 0.3 is 0 Å². The monoisotopic (exact) mass is 347 g/mol. The van der Waals surface area contributed by atoms with Crippen LogP contribution in [0.3, 0.4) is 0 Å². The Kier molecular flexibility index (Phi) is 5.15. The Morgan fingerprint density at radius 2 is 2.04 bits per heavy atom. The van der Waals surface area contributed by atoms with E-state index < -0.39 is 0 Å². The van der Waals surface area contributed by atoms with Crippen LogP contribution in [0.1, 0.15) is 12.0 Å². The minimum atomic E-state index is -0.0828. The molecule has 0 spiro atoms. The van der Waals surface area contributed by atoms with Crippen molar-refractivity contribution in [2.45, 2.75) is 18.9 Å². The molecule has 0 saturated carbocycles. The second kappa shape index (κ2) is 7.49. The quantitative estimate of drug-likeness (QED) is 0.830. The summed E-state index contributed by atoms with van der Waals surface area (Å²) in [6.45, 7) is 1.22. The van der Waals surface area contributed by atoms with Gasteiger partial charge in [0, 0.05) is 18.0 Å². The molecule has 2 aromatic rings. The maximum Gasteiger partial charge on any atom is 0.235 e. The summed E-state index contributed by atoms with van der Waals surface area (Å²) in [5, 5.41) is 0.667. The largest absolute Gasteiger partial charge is 0.480 e. The van der Waals surface area contributed by atoms with E-state index in [-0.39, 0.29) is 12.0 Å². The number of amides is 1. The van der Waals surface area contributed by atoms with Crippen molar-refractivity contribution in [1.29, 1.82) is 0 Å². The lowest BCUT2D eigenvalue weighted by molar-refractivity contribution is -0.129. The van der Waals surface area contributed by atoms with Gasteiger partial charge in [0.2, 0.25) is 17.7 Å². The number of likely N-dealkylation sites (tertiary alicyclic amines) is 1. The maximum atomic E-state index is 12.4. The minimum absolute atomic E-state index is 0.0828. The molecular formula is C17H18ClN3O3. The molecule has 6 nitrogen and oxygen atoms in total. The Labute approximate surface area is 145 Å². The topological polar surface area (TPSA) is 64.6 Å². The van der Waals surface area contributed by atoms with Crippen LogP contribution in [0.5, 0.6) is 11.8 Å². The molecule has 1 aliphatic heterocycles. The highest BCUT2D eigenvalue weighted by Gasteiger charge is 2.28. The van der Waals surface area contributed by atoms with E-state index in [0.29, 0.717) is 36.3 Å². The fourth-order valence-electron chi connectivity index (χ4n) is 2.60. The predicted octanol–water partition coefficient (Wildman–Crippen LogP) is 2.36. The van der Waals surface area contributed by atoms with Crippen LogP contribution in [0.2, 0.25) is 5.02 Å². The lowest BCUT2D eigenvalue weighted by Crippen LogP contribution is -2.32. The zero-order valence-electron chi connectivity index (χ0n) is 13.3. The number of hydrogen-bond donors (Lipinski definition) is 0. The van der Waals surface area contributed by atoms with Crippen molar-refractivity contribution in [1.82, 2.24) is 14.9 Å². The Morgan fingerprint density at radius 1 is 1.29 bits per heavy atom. The molecule has 24 heavy (non-hydrogen) atoms. The Morgan fingerprint density at radius 3 is 2.79 bits per heavy atom. The van der Waals surface area contributed by atoms with Crippen LogP contribution in [0.4, 0.5) is 0 Å². The third kappa shape index (κ3) is 4.14. The van der Waals surface area contributed by atoms with Crippen molar-refractivity contribution in [3.63, 3.8) is 0 Å². The van der Waals surface area contributed by atoms with Crippen molar-refractivity contribution in [3.05, 3.63) is 47.2 Å². The number of nitrogens with zero attached hydrogens (tertiary/aromatic N) is 3. The highest BCUT2D eigenvalue weighted by Crippen LogP contribution is 2.19. The number of carbonyl (C=O) groups is 1. The van der Waals surface area contributed by atoms with Gasteiger partial charge in [-0.25, -0.2) is 0 Å². The molecule has 7 heteroatoms. The van der Waals surface area contributed by atoms with Crippen LogP contribution in [-0.4, -0.2) is 47.1 Å². The Bertz CT molecular complexity index is 708. The summed E-state index contributed by atoms with van der Waals surface area (Å²) >= 11 is 5.86. The van der Waals surface area contributed by atoms with Gasteiger partial charge in [-0.3, -0.25) is 9.78 Å². The first-order valence-corrected chi connectivity index (χ1v) is 8.07. The second-order valence-electron chi connectivity index (χ2n) is 5.57. The average Bonchev–Trinajstić information content (AvgIpc) is 3.06. The van der Waals surface area contributed by atoms with Gasteiger partial charge in [-0.1, -0.05) is 23.7 Å². The molecule has 0 bridgehead atoms. The lowest BCUT2D eigenvalue weighted by atomic mass is 10.1. The lowest BCUT2D eigenvalue weighted by Gasteiger charge is -2.17. The molecule has 1 aromatic carbocycles. The highest BCUT2D eigenvalue weighted by atomic mass is 35.5. The number of hydrogen-bond acceptors (Lipinski definition) is 5. The summed E-state index contributed by atoms with van der Waals surface area (Å²) in [6.07, 6.45) is 4.11. The fraction of sp³-hybridized carbons (Fsp3) is 0.353. The summed E-state index contributed by atoms with van der Waals surface area (Å²) in [4.78, 5) is 22.4. The summed E-state index contributed by atoms with van der Waals surface area (Å²) in [6, 6.07) is 7.33. The van der Waals surface area contributed by atoms with E-state index in [0.717, 1.165) is 12.0 Å². The van der Waals surface area contributed by atoms with E-state index in [4.69, 9.17) is 21.1 Å². The van der Waals surface area contributed by atoms with Crippen LogP contribution in [0, 0.1) is 0 Å². The second-order valence-corrected chi connectivity index (χ2v) is 6.01. The SMILES string of the molecule is COc1cncc(OC2CCN(C(=O)Cc3ccc(Cl)cc3)C2)n1. The molecule has 1 atom stereocenters. The molecule has 0 N–H and O–H groups in total. The number of methoxy groups -OCH3 is 1. The first-order chi connectivity index (χ1) is 11.6. The van der Waals surface area contributed by atoms with E-state index in [1.165, 1.54) is 13.3 Å². The molecular weight excluding hydrogens is 330 g/mol. The highest BCUT2D eigenvalue weighted by molar-refractivity contribution is 6.30. The van der Waals surface area contributed by atoms with Crippen LogP contribution in [0.15, 0.2) is 36.7 Å². The molecule has 126 valence electrons. The molecule has 3 rings (SSSR count). The Hall–Kier alpha value is -2.34. The third-order valence-corrected chi connectivity index (χ3v) is 4.11. The zero-order valence-corrected chi connectivity index (χ0v) is 14.1. The minimum Gasteiger partial charge on any atom is -0.480 e. The van der Waals surface area contributed by atoms with Gasteiger partial charge in [0.15, 0.2) is 0 Å².